The van der Waals surface area contributed by atoms with Crippen LogP contribution in [-0.2, 0) is 4.79 Å². The first kappa shape index (κ1) is 19.2. The average molecular weight is 344 g/mol. The Bertz CT molecular complexity index is 598. The number of urea groups is 1. The molecular formula is C20H30N3O2+. The van der Waals surface area contributed by atoms with Gasteiger partial charge in [0.1, 0.15) is 6.04 Å². The second-order valence-electron chi connectivity index (χ2n) is 6.82. The first-order valence-corrected chi connectivity index (χ1v) is 9.19. The maximum atomic E-state index is 12.1. The van der Waals surface area contributed by atoms with Gasteiger partial charge in [0, 0.05) is 12.1 Å². The molecule has 136 valence electrons. The molecule has 1 aromatic rings. The first-order valence-electron chi connectivity index (χ1n) is 9.19. The monoisotopic (exact) mass is 344 g/mol. The number of amides is 3. The average Bonchev–Trinajstić information content (AvgIpc) is 2.62. The van der Waals surface area contributed by atoms with Crippen LogP contribution >= 0.6 is 0 Å². The second kappa shape index (κ2) is 9.99. The molecule has 3 amide bonds. The molecule has 3 N–H and O–H groups in total. The third-order valence-electron chi connectivity index (χ3n) is 4.85. The third-order valence-corrected chi connectivity index (χ3v) is 4.85. The van der Waals surface area contributed by atoms with Crippen molar-refractivity contribution in [1.82, 2.24) is 10.6 Å². The van der Waals surface area contributed by atoms with Crippen molar-refractivity contribution in [3.8, 4) is 0 Å². The maximum absolute atomic E-state index is 12.1. The van der Waals surface area contributed by atoms with Gasteiger partial charge >= 0.3 is 6.03 Å². The zero-order valence-corrected chi connectivity index (χ0v) is 15.3. The smallest absolute Gasteiger partial charge is 0.321 e. The van der Waals surface area contributed by atoms with Crippen LogP contribution in [0.25, 0.3) is 0 Å². The molecule has 0 heterocycles. The van der Waals surface area contributed by atoms with Crippen molar-refractivity contribution >= 4 is 11.9 Å². The van der Waals surface area contributed by atoms with E-state index in [0.29, 0.717) is 6.54 Å². The summed E-state index contributed by atoms with van der Waals surface area (Å²) in [5, 5.41) is 5.20. The van der Waals surface area contributed by atoms with Gasteiger partial charge in [-0.05, 0) is 39.0 Å². The number of hydrogen-bond acceptors (Lipinski definition) is 2. The van der Waals surface area contributed by atoms with E-state index in [-0.39, 0.29) is 18.5 Å². The van der Waals surface area contributed by atoms with Crippen LogP contribution < -0.4 is 15.5 Å². The van der Waals surface area contributed by atoms with Crippen LogP contribution in [0.4, 0.5) is 4.79 Å². The Kier molecular flexibility index (Phi) is 7.67. The van der Waals surface area contributed by atoms with E-state index >= 15 is 0 Å². The van der Waals surface area contributed by atoms with E-state index in [9.17, 15) is 9.59 Å². The molecule has 5 heteroatoms. The number of rotatable bonds is 7. The zero-order valence-electron chi connectivity index (χ0n) is 15.3. The summed E-state index contributed by atoms with van der Waals surface area (Å²) >= 11 is 0. The predicted molar refractivity (Wildman–Crippen MR) is 99.3 cm³/mol. The van der Waals surface area contributed by atoms with E-state index in [1.54, 1.807) is 0 Å². The van der Waals surface area contributed by atoms with E-state index in [1.165, 1.54) is 24.0 Å². The lowest BCUT2D eigenvalue weighted by Crippen LogP contribution is -3.10. The van der Waals surface area contributed by atoms with Gasteiger partial charge in [-0.2, -0.15) is 0 Å². The molecule has 1 unspecified atom stereocenters. The standard InChI is InChI=1S/C20H29N3O2/c1-16(18-11-7-4-8-12-18)23(2)15-19(24)22-20(25)21-14-13-17-9-5-3-6-10-17/h4,7-9,11-12,16H,3,5-6,10,13-15H2,1-2H3,(H2,21,22,24,25)/p+1/t16-/m1/s1. The third kappa shape index (κ3) is 6.70. The van der Waals surface area contributed by atoms with Crippen molar-refractivity contribution in [2.75, 3.05) is 20.1 Å². The number of imide groups is 1. The fraction of sp³-hybridized carbons (Fsp3) is 0.500. The molecule has 0 aliphatic heterocycles. The van der Waals surface area contributed by atoms with Crippen molar-refractivity contribution < 1.29 is 14.5 Å². The molecule has 1 aliphatic carbocycles. The van der Waals surface area contributed by atoms with Gasteiger partial charge < -0.3 is 10.2 Å². The van der Waals surface area contributed by atoms with Crippen LogP contribution in [0.2, 0.25) is 0 Å². The van der Waals surface area contributed by atoms with Gasteiger partial charge in [-0.1, -0.05) is 42.0 Å². The molecule has 0 radical (unpaired) electrons. The van der Waals surface area contributed by atoms with Gasteiger partial charge in [-0.3, -0.25) is 10.1 Å². The summed E-state index contributed by atoms with van der Waals surface area (Å²) in [6.45, 7) is 2.92. The Labute approximate surface area is 150 Å². The fourth-order valence-corrected chi connectivity index (χ4v) is 3.12. The Morgan fingerprint density at radius 1 is 1.20 bits per heavy atom. The van der Waals surface area contributed by atoms with E-state index in [4.69, 9.17) is 0 Å². The lowest BCUT2D eigenvalue weighted by molar-refractivity contribution is -0.902. The second-order valence-corrected chi connectivity index (χ2v) is 6.82. The molecule has 0 bridgehead atoms. The molecule has 5 nitrogen and oxygen atoms in total. The van der Waals surface area contributed by atoms with Crippen LogP contribution in [0.5, 0.6) is 0 Å². The zero-order chi connectivity index (χ0) is 18.1. The Hall–Kier alpha value is -2.14. The SMILES string of the molecule is C[C@H](c1ccccc1)[NH+](C)CC(=O)NC(=O)NCCC1=CCCCC1. The highest BCUT2D eigenvalue weighted by atomic mass is 16.2. The van der Waals surface area contributed by atoms with Gasteiger partial charge in [0.05, 0.1) is 7.05 Å². The summed E-state index contributed by atoms with van der Waals surface area (Å²) < 4.78 is 0. The molecule has 1 aliphatic rings. The summed E-state index contributed by atoms with van der Waals surface area (Å²) in [4.78, 5) is 25.0. The van der Waals surface area contributed by atoms with Crippen LogP contribution in [0.1, 0.15) is 50.6 Å². The molecular weight excluding hydrogens is 314 g/mol. The molecule has 0 fully saturated rings. The normalized spacial score (nSPS) is 16.5. The highest BCUT2D eigenvalue weighted by molar-refractivity contribution is 5.94. The summed E-state index contributed by atoms with van der Waals surface area (Å²) in [5.41, 5.74) is 2.59. The lowest BCUT2D eigenvalue weighted by atomic mass is 9.97. The van der Waals surface area contributed by atoms with E-state index in [1.807, 2.05) is 25.2 Å². The van der Waals surface area contributed by atoms with Crippen molar-refractivity contribution in [3.05, 3.63) is 47.5 Å². The van der Waals surface area contributed by atoms with Crippen molar-refractivity contribution in [2.45, 2.75) is 45.1 Å². The quantitative estimate of drug-likeness (QED) is 0.662. The van der Waals surface area contributed by atoms with Crippen molar-refractivity contribution in [1.29, 1.82) is 0 Å². The number of carbonyl (C=O) groups is 2. The molecule has 25 heavy (non-hydrogen) atoms. The number of carbonyl (C=O) groups excluding carboxylic acids is 2. The molecule has 1 aromatic carbocycles. The minimum absolute atomic E-state index is 0.188. The number of allylic oxidation sites excluding steroid dienone is 1. The number of likely N-dealkylation sites (N-methyl/N-ethyl adjacent to an activating group) is 1. The molecule has 0 saturated heterocycles. The lowest BCUT2D eigenvalue weighted by Gasteiger charge is -2.21. The van der Waals surface area contributed by atoms with Gasteiger partial charge in [-0.15, -0.1) is 0 Å². The van der Waals surface area contributed by atoms with Crippen LogP contribution in [0.15, 0.2) is 42.0 Å². The molecule has 0 spiro atoms. The number of hydrogen-bond donors (Lipinski definition) is 3. The molecule has 0 saturated carbocycles. The van der Waals surface area contributed by atoms with Crippen LogP contribution in [0, 0.1) is 0 Å². The van der Waals surface area contributed by atoms with Gasteiger partial charge in [-0.25, -0.2) is 4.79 Å². The van der Waals surface area contributed by atoms with Gasteiger partial charge in [0.2, 0.25) is 0 Å². The van der Waals surface area contributed by atoms with Gasteiger partial charge in [0.25, 0.3) is 5.91 Å². The summed E-state index contributed by atoms with van der Waals surface area (Å²) in [6.07, 6.45) is 7.94. The van der Waals surface area contributed by atoms with E-state index in [2.05, 4.69) is 35.8 Å². The Balaban J connectivity index is 1.68. The molecule has 2 rings (SSSR count). The Morgan fingerprint density at radius 2 is 1.96 bits per heavy atom. The van der Waals surface area contributed by atoms with E-state index < -0.39 is 6.03 Å². The maximum Gasteiger partial charge on any atom is 0.321 e. The minimum atomic E-state index is -0.401. The van der Waals surface area contributed by atoms with Crippen LogP contribution in [-0.4, -0.2) is 32.1 Å². The first-order chi connectivity index (χ1) is 12.1. The minimum Gasteiger partial charge on any atom is -0.337 e. The fourth-order valence-electron chi connectivity index (χ4n) is 3.12. The van der Waals surface area contributed by atoms with Crippen LogP contribution in [0.3, 0.4) is 0 Å². The van der Waals surface area contributed by atoms with Gasteiger partial charge in [0.15, 0.2) is 6.54 Å². The summed E-state index contributed by atoms with van der Waals surface area (Å²) in [6, 6.07) is 9.86. The predicted octanol–water partition coefficient (Wildman–Crippen LogP) is 1.98. The summed E-state index contributed by atoms with van der Waals surface area (Å²) in [5.74, 6) is -0.255. The van der Waals surface area contributed by atoms with Crippen molar-refractivity contribution in [3.63, 3.8) is 0 Å². The topological polar surface area (TPSA) is 62.6 Å². The molecule has 2 atom stereocenters. The number of benzene rings is 1. The number of nitrogens with one attached hydrogen (secondary N) is 3. The Morgan fingerprint density at radius 3 is 2.64 bits per heavy atom. The number of quaternary nitrogens is 1. The highest BCUT2D eigenvalue weighted by Crippen LogP contribution is 2.19. The van der Waals surface area contributed by atoms with E-state index in [0.717, 1.165) is 24.2 Å². The summed E-state index contributed by atoms with van der Waals surface area (Å²) in [7, 11) is 1.96. The largest absolute Gasteiger partial charge is 0.337 e. The molecule has 0 aromatic heterocycles. The highest BCUT2D eigenvalue weighted by Gasteiger charge is 2.19. The van der Waals surface area contributed by atoms with Crippen molar-refractivity contribution in [2.24, 2.45) is 0 Å².